The zero-order valence-electron chi connectivity index (χ0n) is 15.1. The molecular formula is C23H27NO. The van der Waals surface area contributed by atoms with Crippen LogP contribution in [0.1, 0.15) is 49.7 Å². The van der Waals surface area contributed by atoms with Gasteiger partial charge in [-0.3, -0.25) is 5.32 Å². The van der Waals surface area contributed by atoms with Crippen molar-refractivity contribution in [1.82, 2.24) is 5.32 Å². The van der Waals surface area contributed by atoms with Crippen LogP contribution in [0.3, 0.4) is 0 Å². The summed E-state index contributed by atoms with van der Waals surface area (Å²) in [5.74, 6) is 7.90. The van der Waals surface area contributed by atoms with Crippen LogP contribution in [0.25, 0.3) is 0 Å². The lowest BCUT2D eigenvalue weighted by atomic mass is 9.90. The molecule has 1 fully saturated rings. The molecule has 2 aromatic carbocycles. The third-order valence-electron chi connectivity index (χ3n) is 4.97. The third-order valence-corrected chi connectivity index (χ3v) is 4.97. The van der Waals surface area contributed by atoms with Gasteiger partial charge >= 0.3 is 0 Å². The molecule has 0 unspecified atom stereocenters. The van der Waals surface area contributed by atoms with E-state index in [1.54, 1.807) is 7.11 Å². The molecule has 0 radical (unpaired) electrons. The number of hydrogen-bond donors (Lipinski definition) is 1. The Morgan fingerprint density at radius 3 is 2.24 bits per heavy atom. The van der Waals surface area contributed by atoms with Crippen molar-refractivity contribution in [1.29, 1.82) is 0 Å². The highest BCUT2D eigenvalue weighted by Crippen LogP contribution is 2.27. The summed E-state index contributed by atoms with van der Waals surface area (Å²) >= 11 is 0. The molecule has 0 atom stereocenters. The van der Waals surface area contributed by atoms with Gasteiger partial charge in [-0.15, -0.1) is 0 Å². The Kier molecular flexibility index (Phi) is 6.14. The standard InChI is InChI=1S/C23H27NO/c1-25-22-13-11-21(12-14-22)19-24-23(16-7-2-3-8-17-23)18-15-20-9-5-4-6-10-20/h4-6,9-14,24H,2-3,7-8,16-17,19H2,1H3. The fraction of sp³-hybridized carbons (Fsp3) is 0.391. The van der Waals surface area contributed by atoms with E-state index >= 15 is 0 Å². The van der Waals surface area contributed by atoms with E-state index in [1.165, 1.54) is 31.2 Å². The molecule has 2 nitrogen and oxygen atoms in total. The number of hydrogen-bond acceptors (Lipinski definition) is 2. The van der Waals surface area contributed by atoms with E-state index in [9.17, 15) is 0 Å². The lowest BCUT2D eigenvalue weighted by molar-refractivity contribution is 0.368. The van der Waals surface area contributed by atoms with Gasteiger partial charge in [0.15, 0.2) is 0 Å². The van der Waals surface area contributed by atoms with Crippen molar-refractivity contribution >= 4 is 0 Å². The summed E-state index contributed by atoms with van der Waals surface area (Å²) in [5, 5.41) is 3.78. The number of ether oxygens (including phenoxy) is 1. The number of methoxy groups -OCH3 is 1. The SMILES string of the molecule is COc1ccc(CNC2(C#Cc3ccccc3)CCCCCC2)cc1. The van der Waals surface area contributed by atoms with Crippen molar-refractivity contribution in [2.75, 3.05) is 7.11 Å². The minimum Gasteiger partial charge on any atom is -0.497 e. The number of rotatable bonds is 4. The van der Waals surface area contributed by atoms with Gasteiger partial charge in [0, 0.05) is 12.1 Å². The van der Waals surface area contributed by atoms with Gasteiger partial charge in [0.05, 0.1) is 12.6 Å². The van der Waals surface area contributed by atoms with Crippen LogP contribution in [0.15, 0.2) is 54.6 Å². The van der Waals surface area contributed by atoms with Crippen molar-refractivity contribution in [2.45, 2.75) is 50.6 Å². The molecule has 2 heteroatoms. The monoisotopic (exact) mass is 333 g/mol. The summed E-state index contributed by atoms with van der Waals surface area (Å²) in [5.41, 5.74) is 2.29. The van der Waals surface area contributed by atoms with Gasteiger partial charge in [0.1, 0.15) is 5.75 Å². The molecule has 0 amide bonds. The van der Waals surface area contributed by atoms with Crippen LogP contribution < -0.4 is 10.1 Å². The summed E-state index contributed by atoms with van der Waals surface area (Å²) in [4.78, 5) is 0. The fourth-order valence-corrected chi connectivity index (χ4v) is 3.41. The zero-order chi connectivity index (χ0) is 17.4. The van der Waals surface area contributed by atoms with Gasteiger partial charge in [-0.25, -0.2) is 0 Å². The van der Waals surface area contributed by atoms with Crippen LogP contribution in [-0.4, -0.2) is 12.6 Å². The van der Waals surface area contributed by atoms with Gasteiger partial charge in [-0.1, -0.05) is 67.9 Å². The first-order valence-corrected chi connectivity index (χ1v) is 9.26. The molecule has 25 heavy (non-hydrogen) atoms. The first kappa shape index (κ1) is 17.6. The van der Waals surface area contributed by atoms with Crippen LogP contribution in [0.5, 0.6) is 5.75 Å². The van der Waals surface area contributed by atoms with E-state index < -0.39 is 0 Å². The second kappa shape index (κ2) is 8.74. The van der Waals surface area contributed by atoms with E-state index in [-0.39, 0.29) is 5.54 Å². The molecule has 0 aromatic heterocycles. The topological polar surface area (TPSA) is 21.3 Å². The molecule has 0 bridgehead atoms. The van der Waals surface area contributed by atoms with E-state index in [0.717, 1.165) is 30.7 Å². The molecule has 0 spiro atoms. The van der Waals surface area contributed by atoms with Crippen molar-refractivity contribution in [3.05, 3.63) is 65.7 Å². The first-order valence-electron chi connectivity index (χ1n) is 9.26. The fourth-order valence-electron chi connectivity index (χ4n) is 3.41. The molecule has 1 saturated carbocycles. The predicted molar refractivity (Wildman–Crippen MR) is 104 cm³/mol. The largest absolute Gasteiger partial charge is 0.497 e. The summed E-state index contributed by atoms with van der Waals surface area (Å²) in [6.07, 6.45) is 7.39. The average Bonchev–Trinajstić information content (AvgIpc) is 2.92. The molecule has 0 saturated heterocycles. The lowest BCUT2D eigenvalue weighted by Crippen LogP contribution is -2.43. The van der Waals surface area contributed by atoms with Crippen molar-refractivity contribution in [3.63, 3.8) is 0 Å². The quantitative estimate of drug-likeness (QED) is 0.633. The van der Waals surface area contributed by atoms with E-state index in [2.05, 4.69) is 53.6 Å². The van der Waals surface area contributed by atoms with Crippen molar-refractivity contribution in [3.8, 4) is 17.6 Å². The Hall–Kier alpha value is -2.24. The van der Waals surface area contributed by atoms with Crippen LogP contribution in [0.2, 0.25) is 0 Å². The predicted octanol–water partition coefficient (Wildman–Crippen LogP) is 4.93. The minimum absolute atomic E-state index is 0.0771. The number of benzene rings is 2. The van der Waals surface area contributed by atoms with Crippen molar-refractivity contribution < 1.29 is 4.74 Å². The average molecular weight is 333 g/mol. The highest BCUT2D eigenvalue weighted by atomic mass is 16.5. The Labute approximate surface area is 151 Å². The van der Waals surface area contributed by atoms with Gasteiger partial charge in [0.25, 0.3) is 0 Å². The normalized spacial score (nSPS) is 16.4. The molecule has 130 valence electrons. The maximum Gasteiger partial charge on any atom is 0.118 e. The van der Waals surface area contributed by atoms with Gasteiger partial charge in [0.2, 0.25) is 0 Å². The maximum atomic E-state index is 5.24. The van der Waals surface area contributed by atoms with Crippen LogP contribution in [0, 0.1) is 11.8 Å². The highest BCUT2D eigenvalue weighted by Gasteiger charge is 2.28. The van der Waals surface area contributed by atoms with Gasteiger partial charge < -0.3 is 4.74 Å². The van der Waals surface area contributed by atoms with Gasteiger partial charge in [-0.2, -0.15) is 0 Å². The molecule has 1 N–H and O–H groups in total. The smallest absolute Gasteiger partial charge is 0.118 e. The molecule has 0 aliphatic heterocycles. The summed E-state index contributed by atoms with van der Waals surface area (Å²) < 4.78 is 5.24. The highest BCUT2D eigenvalue weighted by molar-refractivity contribution is 5.37. The lowest BCUT2D eigenvalue weighted by Gasteiger charge is -2.29. The summed E-state index contributed by atoms with van der Waals surface area (Å²) in [7, 11) is 1.70. The first-order chi connectivity index (χ1) is 12.3. The van der Waals surface area contributed by atoms with Crippen LogP contribution in [0.4, 0.5) is 0 Å². The second-order valence-corrected chi connectivity index (χ2v) is 6.81. The Morgan fingerprint density at radius 2 is 1.60 bits per heavy atom. The summed E-state index contributed by atoms with van der Waals surface area (Å²) in [6.45, 7) is 0.841. The summed E-state index contributed by atoms with van der Waals surface area (Å²) in [6, 6.07) is 18.6. The Balaban J connectivity index is 1.75. The van der Waals surface area contributed by atoms with Gasteiger partial charge in [-0.05, 0) is 42.7 Å². The Morgan fingerprint density at radius 1 is 0.920 bits per heavy atom. The third kappa shape index (κ3) is 5.11. The molecular weight excluding hydrogens is 306 g/mol. The second-order valence-electron chi connectivity index (χ2n) is 6.81. The van der Waals surface area contributed by atoms with E-state index in [0.29, 0.717) is 0 Å². The maximum absolute atomic E-state index is 5.24. The van der Waals surface area contributed by atoms with Crippen LogP contribution >= 0.6 is 0 Å². The molecule has 1 aliphatic carbocycles. The molecule has 0 heterocycles. The molecule has 1 aliphatic rings. The minimum atomic E-state index is -0.0771. The Bertz CT molecular complexity index is 701. The number of nitrogens with one attached hydrogen (secondary N) is 1. The molecule has 3 rings (SSSR count). The molecule has 2 aromatic rings. The van der Waals surface area contributed by atoms with Crippen LogP contribution in [-0.2, 0) is 6.54 Å². The zero-order valence-corrected chi connectivity index (χ0v) is 15.1. The van der Waals surface area contributed by atoms with Crippen molar-refractivity contribution in [2.24, 2.45) is 0 Å². The van der Waals surface area contributed by atoms with E-state index in [4.69, 9.17) is 4.74 Å². The van der Waals surface area contributed by atoms with E-state index in [1.807, 2.05) is 18.2 Å².